The zero-order chi connectivity index (χ0) is 19.4. The summed E-state index contributed by atoms with van der Waals surface area (Å²) in [5.74, 6) is 1.00. The van der Waals surface area contributed by atoms with E-state index in [4.69, 9.17) is 28.2 Å². The fraction of sp³-hybridized carbons (Fsp3) is 0.350. The number of fused-ring (bicyclic) bond motifs is 1. The number of aromatic nitrogens is 1. The van der Waals surface area contributed by atoms with E-state index in [0.717, 1.165) is 25.0 Å². The molecule has 0 fully saturated rings. The Balaban J connectivity index is 1.61. The zero-order valence-electron chi connectivity index (χ0n) is 14.9. The average Bonchev–Trinajstić information content (AvgIpc) is 2.65. The molecule has 7 heteroatoms. The van der Waals surface area contributed by atoms with E-state index in [9.17, 15) is 10.1 Å². The predicted molar refractivity (Wildman–Crippen MR) is 111 cm³/mol. The zero-order valence-corrected chi connectivity index (χ0v) is 17.2. The van der Waals surface area contributed by atoms with Gasteiger partial charge in [-0.25, -0.2) is 4.98 Å². The van der Waals surface area contributed by atoms with Gasteiger partial charge >= 0.3 is 0 Å². The lowest BCUT2D eigenvalue weighted by atomic mass is 9.87. The monoisotopic (exact) mass is 419 g/mol. The van der Waals surface area contributed by atoms with Crippen LogP contribution >= 0.6 is 35.0 Å². The summed E-state index contributed by atoms with van der Waals surface area (Å²) in [6, 6.07) is 9.31. The molecule has 0 spiro atoms. The van der Waals surface area contributed by atoms with E-state index in [1.54, 1.807) is 18.2 Å². The Labute approximate surface area is 173 Å². The first kappa shape index (κ1) is 20.0. The number of hydrogen-bond donors (Lipinski definition) is 1. The van der Waals surface area contributed by atoms with E-state index in [-0.39, 0.29) is 12.3 Å². The Morgan fingerprint density at radius 3 is 3.04 bits per heavy atom. The number of halogens is 2. The predicted octanol–water partition coefficient (Wildman–Crippen LogP) is 5.51. The minimum absolute atomic E-state index is 0.156. The minimum atomic E-state index is -0.156. The maximum Gasteiger partial charge on any atom is 0.225 e. The molecule has 140 valence electrons. The van der Waals surface area contributed by atoms with Crippen molar-refractivity contribution >= 4 is 46.6 Å². The van der Waals surface area contributed by atoms with Crippen molar-refractivity contribution in [3.05, 3.63) is 51.1 Å². The molecule has 1 amide bonds. The van der Waals surface area contributed by atoms with Gasteiger partial charge in [0.25, 0.3) is 0 Å². The first-order chi connectivity index (χ1) is 13.0. The summed E-state index contributed by atoms with van der Waals surface area (Å²) in [6.07, 6.45) is 3.33. The molecule has 1 aliphatic rings. The molecule has 1 aromatic carbocycles. The van der Waals surface area contributed by atoms with E-state index in [1.807, 2.05) is 6.07 Å². The lowest BCUT2D eigenvalue weighted by Crippen LogP contribution is -2.14. The highest BCUT2D eigenvalue weighted by atomic mass is 35.5. The molecular formula is C20H19Cl2N3OS. The number of benzene rings is 1. The molecule has 27 heavy (non-hydrogen) atoms. The van der Waals surface area contributed by atoms with Crippen LogP contribution in [0.3, 0.4) is 0 Å². The van der Waals surface area contributed by atoms with Gasteiger partial charge < -0.3 is 5.32 Å². The van der Waals surface area contributed by atoms with E-state index in [0.29, 0.717) is 38.0 Å². The van der Waals surface area contributed by atoms with Gasteiger partial charge in [0.15, 0.2) is 0 Å². The molecule has 1 aromatic heterocycles. The molecule has 1 atom stereocenters. The summed E-state index contributed by atoms with van der Waals surface area (Å²) in [4.78, 5) is 16.9. The Morgan fingerprint density at radius 1 is 1.44 bits per heavy atom. The maximum absolute atomic E-state index is 12.2. The molecule has 2 aromatic rings. The molecule has 3 rings (SSSR count). The van der Waals surface area contributed by atoms with Crippen molar-refractivity contribution in [1.29, 1.82) is 5.26 Å². The molecule has 4 nitrogen and oxygen atoms in total. The van der Waals surface area contributed by atoms with Crippen molar-refractivity contribution in [2.75, 3.05) is 11.1 Å². The van der Waals surface area contributed by atoms with Crippen LogP contribution < -0.4 is 5.32 Å². The second kappa shape index (κ2) is 8.97. The van der Waals surface area contributed by atoms with Crippen LogP contribution in [0, 0.1) is 17.2 Å². The number of rotatable bonds is 5. The van der Waals surface area contributed by atoms with Crippen LogP contribution in [0.25, 0.3) is 0 Å². The number of pyridine rings is 1. The highest BCUT2D eigenvalue weighted by Crippen LogP contribution is 2.31. The standard InChI is InChI=1S/C20H19Cl2N3OS/c1-12-5-6-16-13(9-12)10-14(11-23)20(25-16)27-8-7-18(26)24-17-4-2-3-15(21)19(17)22/h2-4,10,12H,5-9H2,1H3,(H,24,26). The van der Waals surface area contributed by atoms with Gasteiger partial charge in [-0.1, -0.05) is 36.2 Å². The van der Waals surface area contributed by atoms with Crippen molar-refractivity contribution in [1.82, 2.24) is 4.98 Å². The number of carbonyl (C=O) groups excluding carboxylic acids is 1. The van der Waals surface area contributed by atoms with Crippen molar-refractivity contribution in [2.24, 2.45) is 5.92 Å². The van der Waals surface area contributed by atoms with Crippen LogP contribution in [0.5, 0.6) is 0 Å². The van der Waals surface area contributed by atoms with Gasteiger partial charge in [0.1, 0.15) is 11.1 Å². The number of anilines is 1. The van der Waals surface area contributed by atoms with Gasteiger partial charge in [0.2, 0.25) is 5.91 Å². The highest BCUT2D eigenvalue weighted by molar-refractivity contribution is 7.99. The molecule has 0 saturated carbocycles. The van der Waals surface area contributed by atoms with E-state index < -0.39 is 0 Å². The normalized spacial score (nSPS) is 15.7. The number of carbonyl (C=O) groups is 1. The summed E-state index contributed by atoms with van der Waals surface area (Å²) in [7, 11) is 0. The molecule has 0 saturated heterocycles. The van der Waals surface area contributed by atoms with Gasteiger partial charge in [0, 0.05) is 17.9 Å². The number of nitrogens with one attached hydrogen (secondary N) is 1. The Kier molecular flexibility index (Phi) is 6.64. The number of nitrogens with zero attached hydrogens (tertiary/aromatic N) is 2. The summed E-state index contributed by atoms with van der Waals surface area (Å²) in [5, 5.41) is 13.6. The quantitative estimate of drug-likeness (QED) is 0.648. The Morgan fingerprint density at radius 2 is 2.26 bits per heavy atom. The third-order valence-corrected chi connectivity index (χ3v) is 6.32. The van der Waals surface area contributed by atoms with Crippen LogP contribution in [0.15, 0.2) is 29.3 Å². The number of nitriles is 1. The topological polar surface area (TPSA) is 65.8 Å². The van der Waals surface area contributed by atoms with E-state index in [2.05, 4.69) is 18.3 Å². The molecule has 0 radical (unpaired) electrons. The largest absolute Gasteiger partial charge is 0.325 e. The molecule has 1 aliphatic carbocycles. The van der Waals surface area contributed by atoms with Gasteiger partial charge in [0.05, 0.1) is 21.3 Å². The second-order valence-electron chi connectivity index (χ2n) is 6.65. The molecule has 1 unspecified atom stereocenters. The second-order valence-corrected chi connectivity index (χ2v) is 8.52. The third kappa shape index (κ3) is 4.95. The number of amides is 1. The summed E-state index contributed by atoms with van der Waals surface area (Å²) in [5.41, 5.74) is 3.36. The van der Waals surface area contributed by atoms with Gasteiger partial charge in [-0.05, 0) is 48.9 Å². The summed E-state index contributed by atoms with van der Waals surface area (Å²) in [6.45, 7) is 2.22. The lowest BCUT2D eigenvalue weighted by Gasteiger charge is -2.21. The van der Waals surface area contributed by atoms with Crippen LogP contribution in [-0.4, -0.2) is 16.6 Å². The maximum atomic E-state index is 12.2. The number of hydrogen-bond acceptors (Lipinski definition) is 4. The van der Waals surface area contributed by atoms with Crippen molar-refractivity contribution in [3.8, 4) is 6.07 Å². The van der Waals surface area contributed by atoms with Gasteiger partial charge in [-0.2, -0.15) is 5.26 Å². The minimum Gasteiger partial charge on any atom is -0.325 e. The number of thioether (sulfide) groups is 1. The number of aryl methyl sites for hydroxylation is 1. The molecule has 1 N–H and O–H groups in total. The fourth-order valence-electron chi connectivity index (χ4n) is 3.07. The highest BCUT2D eigenvalue weighted by Gasteiger charge is 2.19. The first-order valence-electron chi connectivity index (χ1n) is 8.77. The van der Waals surface area contributed by atoms with Crippen molar-refractivity contribution in [2.45, 2.75) is 37.6 Å². The molecule has 1 heterocycles. The Bertz CT molecular complexity index is 911. The Hall–Kier alpha value is -1.74. The average molecular weight is 420 g/mol. The van der Waals surface area contributed by atoms with E-state index >= 15 is 0 Å². The van der Waals surface area contributed by atoms with Gasteiger partial charge in [-0.3, -0.25) is 4.79 Å². The smallest absolute Gasteiger partial charge is 0.225 e. The SMILES string of the molecule is CC1CCc2nc(SCCC(=O)Nc3cccc(Cl)c3Cl)c(C#N)cc2C1. The third-order valence-electron chi connectivity index (χ3n) is 4.51. The molecule has 0 bridgehead atoms. The van der Waals surface area contributed by atoms with E-state index in [1.165, 1.54) is 17.3 Å². The van der Waals surface area contributed by atoms with Crippen LogP contribution in [0.4, 0.5) is 5.69 Å². The first-order valence-corrected chi connectivity index (χ1v) is 10.5. The van der Waals surface area contributed by atoms with Crippen molar-refractivity contribution in [3.63, 3.8) is 0 Å². The molecule has 0 aliphatic heterocycles. The van der Waals surface area contributed by atoms with Gasteiger partial charge in [-0.15, -0.1) is 11.8 Å². The lowest BCUT2D eigenvalue weighted by molar-refractivity contribution is -0.115. The fourth-order valence-corrected chi connectivity index (χ4v) is 4.33. The molecular weight excluding hydrogens is 401 g/mol. The van der Waals surface area contributed by atoms with Crippen LogP contribution in [0.2, 0.25) is 10.0 Å². The summed E-state index contributed by atoms with van der Waals surface area (Å²) < 4.78 is 0. The van der Waals surface area contributed by atoms with Crippen LogP contribution in [-0.2, 0) is 17.6 Å². The van der Waals surface area contributed by atoms with Crippen molar-refractivity contribution < 1.29 is 4.79 Å². The summed E-state index contributed by atoms with van der Waals surface area (Å²) >= 11 is 13.5. The van der Waals surface area contributed by atoms with Crippen LogP contribution in [0.1, 0.15) is 36.6 Å².